The molecule has 4 rings (SSSR count). The number of pyridine rings is 1. The number of amides is 1. The summed E-state index contributed by atoms with van der Waals surface area (Å²) in [4.78, 5) is 25.0. The Morgan fingerprint density at radius 3 is 2.64 bits per heavy atom. The lowest BCUT2D eigenvalue weighted by Gasteiger charge is -2.48. The third-order valence-electron chi connectivity index (χ3n) is 5.43. The van der Waals surface area contributed by atoms with Crippen LogP contribution in [0.2, 0.25) is 0 Å². The van der Waals surface area contributed by atoms with E-state index in [9.17, 15) is 13.6 Å². The maximum atomic E-state index is 13.1. The largest absolute Gasteiger partial charge is 0.358 e. The fourth-order valence-corrected chi connectivity index (χ4v) is 3.85. The van der Waals surface area contributed by atoms with E-state index >= 15 is 0 Å². The molecule has 25 heavy (non-hydrogen) atoms. The van der Waals surface area contributed by atoms with Crippen molar-refractivity contribution in [3.63, 3.8) is 0 Å². The monoisotopic (exact) mass is 351 g/mol. The van der Waals surface area contributed by atoms with Crippen molar-refractivity contribution in [2.24, 2.45) is 0 Å². The van der Waals surface area contributed by atoms with Crippen LogP contribution in [0, 0.1) is 0 Å². The molecule has 0 aliphatic carbocycles. The van der Waals surface area contributed by atoms with Gasteiger partial charge in [0.1, 0.15) is 6.04 Å². The number of likely N-dealkylation sites (N-methyl/N-ethyl adjacent to an activating group) is 1. The first-order valence-corrected chi connectivity index (χ1v) is 8.68. The van der Waals surface area contributed by atoms with Crippen LogP contribution in [-0.4, -0.2) is 73.6 Å². The summed E-state index contributed by atoms with van der Waals surface area (Å²) >= 11 is 0. The van der Waals surface area contributed by atoms with E-state index in [-0.39, 0.29) is 25.0 Å². The number of piperazine rings is 1. The van der Waals surface area contributed by atoms with Crippen LogP contribution in [0.25, 0.3) is 0 Å². The second kappa shape index (κ2) is 5.52. The van der Waals surface area contributed by atoms with Crippen LogP contribution in [0.5, 0.6) is 0 Å². The molecule has 3 aliphatic rings. The Kier molecular flexibility index (Phi) is 3.64. The maximum Gasteiger partial charge on any atom is 0.282 e. The minimum absolute atomic E-state index is 0.0331. The Morgan fingerprint density at radius 2 is 2.00 bits per heavy atom. The summed E-state index contributed by atoms with van der Waals surface area (Å²) in [5.41, 5.74) is 1.34. The minimum atomic E-state index is -2.63. The molecular weight excluding hydrogens is 328 g/mol. The predicted molar refractivity (Wildman–Crippen MR) is 92.7 cm³/mol. The summed E-state index contributed by atoms with van der Waals surface area (Å²) in [6.07, 6.45) is 1.64. The fourth-order valence-electron chi connectivity index (χ4n) is 3.85. The second-order valence-electron chi connectivity index (χ2n) is 7.44. The number of hydrogen-bond donors (Lipinski definition) is 0. The number of alkyl halides is 2. The highest BCUT2D eigenvalue weighted by Gasteiger charge is 2.45. The number of halogens is 2. The lowest BCUT2D eigenvalue weighted by Crippen LogP contribution is -2.63. The van der Waals surface area contributed by atoms with Gasteiger partial charge in [-0.2, -0.15) is 0 Å². The third-order valence-corrected chi connectivity index (χ3v) is 5.43. The molecule has 0 bridgehead atoms. The van der Waals surface area contributed by atoms with Crippen LogP contribution in [0.15, 0.2) is 12.3 Å². The van der Waals surface area contributed by atoms with Gasteiger partial charge in [0.05, 0.1) is 30.7 Å². The topological polar surface area (TPSA) is 42.9 Å². The quantitative estimate of drug-likeness (QED) is 0.806. The van der Waals surface area contributed by atoms with Gasteiger partial charge in [0, 0.05) is 32.7 Å². The fraction of sp³-hybridized carbons (Fsp3) is 0.647. The molecule has 0 aromatic carbocycles. The summed E-state index contributed by atoms with van der Waals surface area (Å²) < 4.78 is 26.3. The van der Waals surface area contributed by atoms with Gasteiger partial charge in [-0.15, -0.1) is 0 Å². The lowest BCUT2D eigenvalue weighted by molar-refractivity contribution is -0.121. The van der Waals surface area contributed by atoms with Gasteiger partial charge in [-0.1, -0.05) is 0 Å². The van der Waals surface area contributed by atoms with E-state index in [0.717, 1.165) is 18.9 Å². The van der Waals surface area contributed by atoms with Crippen LogP contribution in [0.3, 0.4) is 0 Å². The zero-order valence-corrected chi connectivity index (χ0v) is 14.7. The number of anilines is 3. The Hall–Kier alpha value is -1.96. The number of rotatable bonds is 2. The first-order chi connectivity index (χ1) is 11.8. The third kappa shape index (κ3) is 2.63. The van der Waals surface area contributed by atoms with Crippen LogP contribution in [-0.2, 0) is 4.79 Å². The second-order valence-corrected chi connectivity index (χ2v) is 7.44. The number of nitrogens with zero attached hydrogens (tertiary/aromatic N) is 5. The van der Waals surface area contributed by atoms with Gasteiger partial charge in [-0.05, 0) is 19.9 Å². The molecule has 0 saturated carbocycles. The van der Waals surface area contributed by atoms with Crippen LogP contribution in [0.1, 0.15) is 13.8 Å². The normalized spacial score (nSPS) is 25.8. The Morgan fingerprint density at radius 1 is 1.28 bits per heavy atom. The first-order valence-electron chi connectivity index (χ1n) is 8.68. The molecule has 4 heterocycles. The number of hydrogen-bond acceptors (Lipinski definition) is 5. The predicted octanol–water partition coefficient (Wildman–Crippen LogP) is 1.41. The van der Waals surface area contributed by atoms with Crippen molar-refractivity contribution in [1.82, 2.24) is 9.88 Å². The summed E-state index contributed by atoms with van der Waals surface area (Å²) in [7, 11) is 1.74. The van der Waals surface area contributed by atoms with Crippen LogP contribution < -0.4 is 14.7 Å². The standard InChI is InChI=1S/C17H23F2N5O/c1-11(2)22-4-5-24-14(8-22)16(25)21(3)13-6-12(7-20-15(13)24)23-9-17(18,19)10-23/h6-7,11,14H,4-5,8-10H2,1-3H3/t14-/m0/s1. The molecule has 0 spiro atoms. The number of carbonyl (C=O) groups excluding carboxylic acids is 1. The van der Waals surface area contributed by atoms with Gasteiger partial charge < -0.3 is 14.7 Å². The molecule has 1 aromatic heterocycles. The first kappa shape index (κ1) is 16.5. The van der Waals surface area contributed by atoms with Crippen molar-refractivity contribution in [3.8, 4) is 0 Å². The number of carbonyl (C=O) groups is 1. The molecule has 2 fully saturated rings. The van der Waals surface area contributed by atoms with Gasteiger partial charge in [-0.25, -0.2) is 13.8 Å². The molecule has 8 heteroatoms. The van der Waals surface area contributed by atoms with E-state index in [1.807, 2.05) is 0 Å². The van der Waals surface area contributed by atoms with E-state index in [1.165, 1.54) is 0 Å². The van der Waals surface area contributed by atoms with E-state index < -0.39 is 5.92 Å². The highest BCUT2D eigenvalue weighted by Crippen LogP contribution is 2.39. The van der Waals surface area contributed by atoms with Gasteiger partial charge in [0.15, 0.2) is 5.82 Å². The molecule has 3 aliphatic heterocycles. The number of aromatic nitrogens is 1. The molecule has 0 N–H and O–H groups in total. The van der Waals surface area contributed by atoms with Crippen molar-refractivity contribution in [1.29, 1.82) is 0 Å². The lowest BCUT2D eigenvalue weighted by atomic mass is 10.0. The maximum absolute atomic E-state index is 13.1. The molecule has 1 amide bonds. The molecular formula is C17H23F2N5O. The van der Waals surface area contributed by atoms with E-state index in [2.05, 4.69) is 28.6 Å². The molecule has 6 nitrogen and oxygen atoms in total. The summed E-state index contributed by atoms with van der Waals surface area (Å²) in [6, 6.07) is 1.96. The van der Waals surface area contributed by atoms with Crippen molar-refractivity contribution < 1.29 is 13.6 Å². The van der Waals surface area contributed by atoms with Crippen LogP contribution in [0.4, 0.5) is 26.0 Å². The minimum Gasteiger partial charge on any atom is -0.358 e. The Bertz CT molecular complexity index is 702. The van der Waals surface area contributed by atoms with Crippen LogP contribution >= 0.6 is 0 Å². The smallest absolute Gasteiger partial charge is 0.282 e. The number of fused-ring (bicyclic) bond motifs is 3. The van der Waals surface area contributed by atoms with Gasteiger partial charge in [-0.3, -0.25) is 9.69 Å². The van der Waals surface area contributed by atoms with Gasteiger partial charge >= 0.3 is 0 Å². The average molecular weight is 351 g/mol. The zero-order chi connectivity index (χ0) is 17.9. The average Bonchev–Trinajstić information content (AvgIpc) is 2.56. The molecule has 1 aromatic rings. The van der Waals surface area contributed by atoms with E-state index in [4.69, 9.17) is 0 Å². The SMILES string of the molecule is CC(C)N1CCN2c3ncc(N4CC(F)(F)C4)cc3N(C)C(=O)[C@@H]2C1. The van der Waals surface area contributed by atoms with Crippen molar-refractivity contribution >= 4 is 23.1 Å². The summed E-state index contributed by atoms with van der Waals surface area (Å²) in [5.74, 6) is -1.83. The molecule has 2 saturated heterocycles. The summed E-state index contributed by atoms with van der Waals surface area (Å²) in [5, 5.41) is 0. The van der Waals surface area contributed by atoms with Gasteiger partial charge in [0.25, 0.3) is 11.8 Å². The highest BCUT2D eigenvalue weighted by molar-refractivity contribution is 6.05. The zero-order valence-electron chi connectivity index (χ0n) is 14.7. The highest BCUT2D eigenvalue weighted by atomic mass is 19.3. The summed E-state index contributed by atoms with van der Waals surface area (Å²) in [6.45, 7) is 5.99. The molecule has 0 unspecified atom stereocenters. The van der Waals surface area contributed by atoms with Crippen molar-refractivity contribution in [2.75, 3.05) is 54.5 Å². The Labute approximate surface area is 146 Å². The van der Waals surface area contributed by atoms with Gasteiger partial charge in [0.2, 0.25) is 0 Å². The molecule has 1 atom stereocenters. The van der Waals surface area contributed by atoms with E-state index in [1.54, 1.807) is 29.1 Å². The molecule has 136 valence electrons. The van der Waals surface area contributed by atoms with Crippen molar-refractivity contribution in [2.45, 2.75) is 31.9 Å². The van der Waals surface area contributed by atoms with E-state index in [0.29, 0.717) is 24.0 Å². The molecule has 0 radical (unpaired) electrons. The Balaban J connectivity index is 1.63. The van der Waals surface area contributed by atoms with Crippen molar-refractivity contribution in [3.05, 3.63) is 12.3 Å².